The Bertz CT molecular complexity index is 2830. The van der Waals surface area contributed by atoms with Crippen molar-refractivity contribution in [3.8, 4) is 61.6 Å². The van der Waals surface area contributed by atoms with Crippen molar-refractivity contribution in [2.75, 3.05) is 4.90 Å². The van der Waals surface area contributed by atoms with Crippen molar-refractivity contribution < 1.29 is 26.2 Å². The number of hydrogen-bond acceptors (Lipinski definition) is 4. The van der Waals surface area contributed by atoms with Crippen LogP contribution in [-0.2, 0) is 21.1 Å². The van der Waals surface area contributed by atoms with Crippen molar-refractivity contribution in [1.29, 1.82) is 0 Å². The van der Waals surface area contributed by atoms with Crippen LogP contribution in [0.5, 0.6) is 5.75 Å². The second-order valence-electron chi connectivity index (χ2n) is 14.9. The fourth-order valence-electron chi connectivity index (χ4n) is 7.60. The summed E-state index contributed by atoms with van der Waals surface area (Å²) >= 11 is 0. The van der Waals surface area contributed by atoms with Crippen molar-refractivity contribution in [3.05, 3.63) is 229 Å². The average molecular weight is 956 g/mol. The van der Waals surface area contributed by atoms with Crippen LogP contribution in [0.4, 0.5) is 17.2 Å². The van der Waals surface area contributed by atoms with E-state index in [0.29, 0.717) is 11.3 Å². The van der Waals surface area contributed by atoms with Crippen molar-refractivity contribution in [3.63, 3.8) is 0 Å². The van der Waals surface area contributed by atoms with Crippen molar-refractivity contribution in [2.24, 2.45) is 0 Å². The fourth-order valence-corrected chi connectivity index (χ4v) is 7.60. The molecular formula is C55H42N3OPt-. The molecule has 0 radical (unpaired) electrons. The van der Waals surface area contributed by atoms with Gasteiger partial charge in [-0.3, -0.25) is 4.98 Å². The molecule has 0 aliphatic rings. The summed E-state index contributed by atoms with van der Waals surface area (Å²) in [5.74, 6) is 1.19. The molecule has 9 aromatic rings. The van der Waals surface area contributed by atoms with Crippen LogP contribution in [0.3, 0.4) is 0 Å². The minimum absolute atomic E-state index is 0. The van der Waals surface area contributed by atoms with Gasteiger partial charge in [-0.15, -0.1) is 23.8 Å². The largest absolute Gasteiger partial charge is 0.507 e. The summed E-state index contributed by atoms with van der Waals surface area (Å²) in [4.78, 5) is 12.3. The third kappa shape index (κ3) is 8.61. The Morgan fingerprint density at radius 2 is 1.05 bits per heavy atom. The van der Waals surface area contributed by atoms with Gasteiger partial charge in [0.2, 0.25) is 0 Å². The van der Waals surface area contributed by atoms with Crippen LogP contribution in [0.1, 0.15) is 29.5 Å². The molecule has 60 heavy (non-hydrogen) atoms. The maximum atomic E-state index is 11.0. The predicted molar refractivity (Wildman–Crippen MR) is 243 cm³/mol. The first-order valence-corrected chi connectivity index (χ1v) is 19.9. The van der Waals surface area contributed by atoms with Gasteiger partial charge in [-0.05, 0) is 99.7 Å². The summed E-state index contributed by atoms with van der Waals surface area (Å²) < 4.78 is 0. The van der Waals surface area contributed by atoms with Gasteiger partial charge >= 0.3 is 0 Å². The number of hydrogen-bond donors (Lipinski definition) is 1. The van der Waals surface area contributed by atoms with Gasteiger partial charge in [-0.25, -0.2) is 4.98 Å². The van der Waals surface area contributed by atoms with Gasteiger partial charge in [0.1, 0.15) is 11.6 Å². The molecule has 9 rings (SSSR count). The molecule has 0 aliphatic carbocycles. The maximum Gasteiger partial charge on any atom is 0.136 e. The number of rotatable bonds is 10. The average Bonchev–Trinajstić information content (AvgIpc) is 3.30. The molecule has 294 valence electrons. The minimum atomic E-state index is 0. The van der Waals surface area contributed by atoms with E-state index in [2.05, 4.69) is 152 Å². The first kappa shape index (κ1) is 39.9. The van der Waals surface area contributed by atoms with Crippen molar-refractivity contribution in [1.82, 2.24) is 9.97 Å². The molecule has 0 aliphatic heterocycles. The number of pyridine rings is 2. The van der Waals surface area contributed by atoms with E-state index in [0.717, 1.165) is 61.8 Å². The smallest absolute Gasteiger partial charge is 0.136 e. The summed E-state index contributed by atoms with van der Waals surface area (Å²) in [6, 6.07) is 72.6. The third-order valence-corrected chi connectivity index (χ3v) is 10.9. The minimum Gasteiger partial charge on any atom is -0.507 e. The molecule has 1 unspecified atom stereocenters. The molecule has 1 N–H and O–H groups in total. The van der Waals surface area contributed by atoms with Crippen molar-refractivity contribution >= 4 is 17.2 Å². The first-order valence-electron chi connectivity index (χ1n) is 19.9. The van der Waals surface area contributed by atoms with Gasteiger partial charge in [0.05, 0.1) is 5.69 Å². The summed E-state index contributed by atoms with van der Waals surface area (Å²) in [6.07, 6.45) is 1.82. The number of phenolic OH excluding ortho intramolecular Hbond substituents is 1. The molecule has 4 nitrogen and oxygen atoms in total. The zero-order chi connectivity index (χ0) is 40.1. The number of aryl methyl sites for hydroxylation is 1. The molecular weight excluding hydrogens is 914 g/mol. The Hall–Kier alpha value is -6.87. The van der Waals surface area contributed by atoms with Gasteiger partial charge < -0.3 is 10.0 Å². The third-order valence-electron chi connectivity index (χ3n) is 10.9. The van der Waals surface area contributed by atoms with Gasteiger partial charge in [-0.2, -0.15) is 0 Å². The molecule has 0 saturated heterocycles. The number of aromatic nitrogens is 2. The fraction of sp³-hybridized carbons (Fsp3) is 0.0545. The topological polar surface area (TPSA) is 49.3 Å². The van der Waals surface area contributed by atoms with Crippen LogP contribution in [0, 0.1) is 13.0 Å². The zero-order valence-electron chi connectivity index (χ0n) is 33.3. The second-order valence-corrected chi connectivity index (χ2v) is 14.9. The molecule has 1 atom stereocenters. The number of anilines is 3. The monoisotopic (exact) mass is 955 g/mol. The standard InChI is InChI=1S/C55H42N3O.Pt/c1-38-20-22-40(23-21-38)39(2)41-24-26-45(27-25-41)46-33-48(52-36-47(43-15-7-4-8-16-43)37-53(57-52)51-17-9-10-18-54(51)59)35-50(34-46)58(55-19-11-12-32-56-55)49-30-28-44(29-31-49)42-13-5-3-6-14-42;/h3-34,36-37,39,59H,1-2H3;/q-1;. The number of benzene rings is 7. The summed E-state index contributed by atoms with van der Waals surface area (Å²) in [7, 11) is 0. The van der Waals surface area contributed by atoms with E-state index in [1.165, 1.54) is 16.7 Å². The van der Waals surface area contributed by atoms with Crippen LogP contribution in [0.15, 0.2) is 206 Å². The Balaban J connectivity index is 0.00000499. The van der Waals surface area contributed by atoms with E-state index in [1.54, 1.807) is 6.07 Å². The molecule has 2 heterocycles. The van der Waals surface area contributed by atoms with Gasteiger partial charge in [0.25, 0.3) is 0 Å². The van der Waals surface area contributed by atoms with E-state index >= 15 is 0 Å². The summed E-state index contributed by atoms with van der Waals surface area (Å²) in [6.45, 7) is 4.38. The van der Waals surface area contributed by atoms with E-state index in [-0.39, 0.29) is 32.7 Å². The zero-order valence-corrected chi connectivity index (χ0v) is 35.6. The quantitative estimate of drug-likeness (QED) is 0.139. The Morgan fingerprint density at radius 3 is 1.70 bits per heavy atom. The van der Waals surface area contributed by atoms with Gasteiger partial charge in [-0.1, -0.05) is 164 Å². The van der Waals surface area contributed by atoms with E-state index in [1.807, 2.05) is 72.9 Å². The predicted octanol–water partition coefficient (Wildman–Crippen LogP) is 14.2. The van der Waals surface area contributed by atoms with Gasteiger partial charge in [0, 0.05) is 44.4 Å². The molecule has 7 aromatic carbocycles. The van der Waals surface area contributed by atoms with Crippen LogP contribution in [0.25, 0.3) is 55.9 Å². The molecule has 0 fully saturated rings. The number of phenols is 1. The summed E-state index contributed by atoms with van der Waals surface area (Å²) in [5.41, 5.74) is 14.9. The Morgan fingerprint density at radius 1 is 0.517 bits per heavy atom. The Kier molecular flexibility index (Phi) is 11.9. The van der Waals surface area contributed by atoms with Crippen LogP contribution >= 0.6 is 0 Å². The van der Waals surface area contributed by atoms with Crippen LogP contribution < -0.4 is 4.90 Å². The van der Waals surface area contributed by atoms with Crippen LogP contribution in [-0.4, -0.2) is 15.1 Å². The number of nitrogens with zero attached hydrogens (tertiary/aromatic N) is 3. The first-order chi connectivity index (χ1) is 29.0. The van der Waals surface area contributed by atoms with Crippen molar-refractivity contribution in [2.45, 2.75) is 19.8 Å². The summed E-state index contributed by atoms with van der Waals surface area (Å²) in [5, 5.41) is 11.0. The maximum absolute atomic E-state index is 11.0. The van der Waals surface area contributed by atoms with Gasteiger partial charge in [0.15, 0.2) is 0 Å². The van der Waals surface area contributed by atoms with Crippen LogP contribution in [0.2, 0.25) is 0 Å². The molecule has 2 aromatic heterocycles. The molecule has 0 amide bonds. The van der Waals surface area contributed by atoms with E-state index < -0.39 is 0 Å². The molecule has 0 spiro atoms. The number of aromatic hydroxyl groups is 1. The molecule has 5 heteroatoms. The molecule has 0 bridgehead atoms. The normalized spacial score (nSPS) is 11.4. The van der Waals surface area contributed by atoms with E-state index in [9.17, 15) is 5.11 Å². The second kappa shape index (κ2) is 18.0. The number of para-hydroxylation sites is 1. The SMILES string of the molecule is Cc1ccc(C(C)c2ccc(-c3cc(-c4cc(-c5ccccc5)cc(-c5ccccc5O)n4)[c-]c(N(c4ccc(-c5ccccc5)cc4)c4ccccn4)c3)cc2)cc1.[Pt]. The molecule has 0 saturated carbocycles. The van der Waals surface area contributed by atoms with E-state index in [4.69, 9.17) is 9.97 Å². The Labute approximate surface area is 366 Å².